The van der Waals surface area contributed by atoms with Crippen LogP contribution in [-0.4, -0.2) is 9.78 Å². The fraction of sp³-hybridized carbons (Fsp3) is 0.250. The third-order valence-electron chi connectivity index (χ3n) is 2.42. The molecule has 1 aromatic carbocycles. The normalized spacial score (nSPS) is 10.8. The van der Waals surface area contributed by atoms with Crippen LogP contribution in [0.15, 0.2) is 35.1 Å². The summed E-state index contributed by atoms with van der Waals surface area (Å²) in [5.41, 5.74) is 1.75. The Bertz CT molecular complexity index is 510. The van der Waals surface area contributed by atoms with E-state index in [0.717, 1.165) is 10.0 Å². The number of hydrogen-bond donors (Lipinski definition) is 1. The van der Waals surface area contributed by atoms with E-state index in [1.54, 1.807) is 16.9 Å². The Morgan fingerprint density at radius 3 is 2.88 bits per heavy atom. The van der Waals surface area contributed by atoms with Crippen LogP contribution in [0, 0.1) is 5.82 Å². The van der Waals surface area contributed by atoms with Crippen molar-refractivity contribution in [2.45, 2.75) is 13.1 Å². The molecule has 0 aliphatic rings. The minimum absolute atomic E-state index is 0.196. The molecule has 1 N–H and O–H groups in total. The van der Waals surface area contributed by atoms with Gasteiger partial charge in [-0.2, -0.15) is 5.10 Å². The van der Waals surface area contributed by atoms with E-state index in [1.165, 1.54) is 6.07 Å². The maximum atomic E-state index is 13.5. The average Bonchev–Trinajstić information content (AvgIpc) is 2.68. The smallest absolute Gasteiger partial charge is 0.128 e. The summed E-state index contributed by atoms with van der Waals surface area (Å²) >= 11 is 3.23. The van der Waals surface area contributed by atoms with E-state index < -0.39 is 0 Å². The second kappa shape index (κ2) is 5.42. The molecule has 0 atom stereocenters. The number of nitrogens with one attached hydrogen (secondary N) is 1. The van der Waals surface area contributed by atoms with Gasteiger partial charge in [-0.3, -0.25) is 4.68 Å². The Balaban J connectivity index is 1.90. The van der Waals surface area contributed by atoms with Gasteiger partial charge in [0.1, 0.15) is 5.82 Å². The number of halogens is 2. The van der Waals surface area contributed by atoms with Gasteiger partial charge >= 0.3 is 0 Å². The van der Waals surface area contributed by atoms with Gasteiger partial charge in [-0.25, -0.2) is 4.39 Å². The van der Waals surface area contributed by atoms with Gasteiger partial charge in [0.05, 0.1) is 6.20 Å². The molecule has 0 saturated heterocycles. The lowest BCUT2D eigenvalue weighted by atomic mass is 10.2. The van der Waals surface area contributed by atoms with Gasteiger partial charge in [-0.05, 0) is 12.1 Å². The van der Waals surface area contributed by atoms with Crippen LogP contribution in [0.1, 0.15) is 11.1 Å². The summed E-state index contributed by atoms with van der Waals surface area (Å²) < 4.78 is 16.0. The summed E-state index contributed by atoms with van der Waals surface area (Å²) in [4.78, 5) is 0. The molecule has 2 aromatic rings. The molecule has 2 rings (SSSR count). The van der Waals surface area contributed by atoms with E-state index in [2.05, 4.69) is 26.3 Å². The molecule has 0 radical (unpaired) electrons. The third kappa shape index (κ3) is 3.38. The van der Waals surface area contributed by atoms with E-state index in [9.17, 15) is 4.39 Å². The largest absolute Gasteiger partial charge is 0.308 e. The second-order valence-electron chi connectivity index (χ2n) is 3.86. The highest BCUT2D eigenvalue weighted by molar-refractivity contribution is 9.10. The van der Waals surface area contributed by atoms with E-state index in [-0.39, 0.29) is 5.82 Å². The molecule has 3 nitrogen and oxygen atoms in total. The summed E-state index contributed by atoms with van der Waals surface area (Å²) in [5, 5.41) is 7.25. The number of nitrogens with zero attached hydrogens (tertiary/aromatic N) is 2. The van der Waals surface area contributed by atoms with E-state index in [0.29, 0.717) is 18.7 Å². The standard InChI is InChI=1S/C12H13BrFN3/c1-17-8-9(6-16-17)5-15-7-10-2-3-11(13)4-12(10)14/h2-4,6,8,15H,5,7H2,1H3. The predicted molar refractivity (Wildman–Crippen MR) is 67.9 cm³/mol. The summed E-state index contributed by atoms with van der Waals surface area (Å²) in [6.45, 7) is 1.19. The highest BCUT2D eigenvalue weighted by Crippen LogP contribution is 2.15. The minimum atomic E-state index is -0.196. The number of benzene rings is 1. The number of hydrogen-bond acceptors (Lipinski definition) is 2. The number of aryl methyl sites for hydroxylation is 1. The molecule has 0 fully saturated rings. The highest BCUT2D eigenvalue weighted by atomic mass is 79.9. The van der Waals surface area contributed by atoms with Crippen molar-refractivity contribution < 1.29 is 4.39 Å². The Labute approximate surface area is 108 Å². The molecule has 0 saturated carbocycles. The lowest BCUT2D eigenvalue weighted by Gasteiger charge is -2.05. The zero-order valence-corrected chi connectivity index (χ0v) is 11.0. The highest BCUT2D eigenvalue weighted by Gasteiger charge is 2.02. The fourth-order valence-electron chi connectivity index (χ4n) is 1.57. The summed E-state index contributed by atoms with van der Waals surface area (Å²) in [7, 11) is 1.87. The first-order valence-corrected chi connectivity index (χ1v) is 6.06. The molecule has 0 bridgehead atoms. The first-order chi connectivity index (χ1) is 8.15. The van der Waals surface area contributed by atoms with Gasteiger partial charge in [0.25, 0.3) is 0 Å². The van der Waals surface area contributed by atoms with Crippen molar-refractivity contribution in [2.75, 3.05) is 0 Å². The van der Waals surface area contributed by atoms with E-state index >= 15 is 0 Å². The maximum absolute atomic E-state index is 13.5. The quantitative estimate of drug-likeness (QED) is 0.940. The van der Waals surface area contributed by atoms with Gasteiger partial charge in [0.2, 0.25) is 0 Å². The number of rotatable bonds is 4. The topological polar surface area (TPSA) is 29.9 Å². The van der Waals surface area contributed by atoms with Crippen LogP contribution in [0.4, 0.5) is 4.39 Å². The van der Waals surface area contributed by atoms with Crippen molar-refractivity contribution in [2.24, 2.45) is 7.05 Å². The Kier molecular flexibility index (Phi) is 3.91. The average molecular weight is 298 g/mol. The lowest BCUT2D eigenvalue weighted by Crippen LogP contribution is -2.13. The van der Waals surface area contributed by atoms with Crippen LogP contribution >= 0.6 is 15.9 Å². The maximum Gasteiger partial charge on any atom is 0.128 e. The molecular formula is C12H13BrFN3. The minimum Gasteiger partial charge on any atom is -0.308 e. The summed E-state index contributed by atoms with van der Waals surface area (Å²) in [6, 6.07) is 5.08. The van der Waals surface area contributed by atoms with Gasteiger partial charge < -0.3 is 5.32 Å². The number of aromatic nitrogens is 2. The SMILES string of the molecule is Cn1cc(CNCc2ccc(Br)cc2F)cn1. The van der Waals surface area contributed by atoms with Gasteiger partial charge in [-0.1, -0.05) is 22.0 Å². The van der Waals surface area contributed by atoms with Crippen LogP contribution in [0.2, 0.25) is 0 Å². The van der Waals surface area contributed by atoms with Crippen LogP contribution in [0.5, 0.6) is 0 Å². The molecule has 0 amide bonds. The van der Waals surface area contributed by atoms with Crippen molar-refractivity contribution in [1.82, 2.24) is 15.1 Å². The molecule has 0 aliphatic carbocycles. The monoisotopic (exact) mass is 297 g/mol. The zero-order valence-electron chi connectivity index (χ0n) is 9.45. The van der Waals surface area contributed by atoms with Crippen molar-refractivity contribution in [3.05, 3.63) is 52.0 Å². The Morgan fingerprint density at radius 2 is 2.24 bits per heavy atom. The van der Waals surface area contributed by atoms with Gasteiger partial charge in [0.15, 0.2) is 0 Å². The molecule has 1 heterocycles. The summed E-state index contributed by atoms with van der Waals surface area (Å²) in [6.07, 6.45) is 3.73. The first kappa shape index (κ1) is 12.3. The van der Waals surface area contributed by atoms with Crippen molar-refractivity contribution in [3.63, 3.8) is 0 Å². The van der Waals surface area contributed by atoms with Crippen LogP contribution in [-0.2, 0) is 20.1 Å². The molecule has 0 spiro atoms. The van der Waals surface area contributed by atoms with Crippen molar-refractivity contribution >= 4 is 15.9 Å². The second-order valence-corrected chi connectivity index (χ2v) is 4.78. The fourth-order valence-corrected chi connectivity index (χ4v) is 1.90. The van der Waals surface area contributed by atoms with Crippen molar-refractivity contribution in [3.8, 4) is 0 Å². The van der Waals surface area contributed by atoms with Crippen molar-refractivity contribution in [1.29, 1.82) is 0 Å². The van der Waals surface area contributed by atoms with E-state index in [4.69, 9.17) is 0 Å². The Morgan fingerprint density at radius 1 is 1.41 bits per heavy atom. The van der Waals surface area contributed by atoms with Gasteiger partial charge in [0, 0.05) is 41.9 Å². The molecule has 0 unspecified atom stereocenters. The summed E-state index contributed by atoms with van der Waals surface area (Å²) in [5.74, 6) is -0.196. The predicted octanol–water partition coefficient (Wildman–Crippen LogP) is 2.61. The molecule has 5 heteroatoms. The van der Waals surface area contributed by atoms with Crippen LogP contribution in [0.25, 0.3) is 0 Å². The molecular weight excluding hydrogens is 285 g/mol. The third-order valence-corrected chi connectivity index (χ3v) is 2.91. The van der Waals surface area contributed by atoms with Crippen LogP contribution in [0.3, 0.4) is 0 Å². The first-order valence-electron chi connectivity index (χ1n) is 5.27. The van der Waals surface area contributed by atoms with Gasteiger partial charge in [-0.15, -0.1) is 0 Å². The molecule has 17 heavy (non-hydrogen) atoms. The lowest BCUT2D eigenvalue weighted by molar-refractivity contribution is 0.587. The van der Waals surface area contributed by atoms with Crippen LogP contribution < -0.4 is 5.32 Å². The Hall–Kier alpha value is -1.20. The molecule has 90 valence electrons. The molecule has 0 aliphatic heterocycles. The molecule has 1 aromatic heterocycles. The zero-order chi connectivity index (χ0) is 12.3. The van der Waals surface area contributed by atoms with E-state index in [1.807, 2.05) is 19.3 Å².